The van der Waals surface area contributed by atoms with Crippen LogP contribution in [-0.2, 0) is 20.6 Å². The van der Waals surface area contributed by atoms with Gasteiger partial charge in [-0.05, 0) is 17.7 Å². The smallest absolute Gasteiger partial charge is 0.306 e. The number of halogens is 2. The molecule has 0 radical (unpaired) electrons. The molecule has 3 rings (SSSR count). The maximum atomic E-state index is 12.8. The fourth-order valence-corrected chi connectivity index (χ4v) is 2.85. The fraction of sp³-hybridized carbons (Fsp3) is 0.214. The second-order valence-electron chi connectivity index (χ2n) is 5.29. The van der Waals surface area contributed by atoms with Gasteiger partial charge in [0, 0.05) is 14.1 Å². The van der Waals surface area contributed by atoms with Crippen molar-refractivity contribution in [1.82, 2.24) is 18.7 Å². The quantitative estimate of drug-likeness (QED) is 0.532. The molecule has 0 aliphatic carbocycles. The van der Waals surface area contributed by atoms with E-state index >= 15 is 0 Å². The summed E-state index contributed by atoms with van der Waals surface area (Å²) in [6, 6.07) is 4.95. The van der Waals surface area contributed by atoms with E-state index in [-0.39, 0.29) is 23.7 Å². The van der Waals surface area contributed by atoms with E-state index in [0.717, 1.165) is 4.57 Å². The first-order chi connectivity index (χ1) is 11.3. The highest BCUT2D eigenvalue weighted by Crippen LogP contribution is 2.22. The van der Waals surface area contributed by atoms with Gasteiger partial charge in [-0.1, -0.05) is 29.3 Å². The van der Waals surface area contributed by atoms with Crippen LogP contribution < -0.4 is 22.5 Å². The summed E-state index contributed by atoms with van der Waals surface area (Å²) >= 11 is 11.9. The number of hydrazine groups is 1. The summed E-state index contributed by atoms with van der Waals surface area (Å²) in [5.41, 5.74) is 2.66. The lowest BCUT2D eigenvalue weighted by Crippen LogP contribution is -2.39. The van der Waals surface area contributed by atoms with Crippen LogP contribution in [0.3, 0.4) is 0 Å². The van der Waals surface area contributed by atoms with Crippen LogP contribution in [0.1, 0.15) is 5.56 Å². The second-order valence-corrected chi connectivity index (χ2v) is 6.11. The van der Waals surface area contributed by atoms with Gasteiger partial charge in [0.2, 0.25) is 5.95 Å². The molecule has 126 valence electrons. The monoisotopic (exact) mass is 368 g/mol. The molecule has 10 heteroatoms. The van der Waals surface area contributed by atoms with Crippen molar-refractivity contribution in [3.8, 4) is 0 Å². The maximum Gasteiger partial charge on any atom is 0.332 e. The molecule has 0 aliphatic rings. The van der Waals surface area contributed by atoms with Gasteiger partial charge >= 0.3 is 5.69 Å². The molecule has 0 fully saturated rings. The molecule has 2 aromatic heterocycles. The van der Waals surface area contributed by atoms with Crippen molar-refractivity contribution >= 4 is 40.3 Å². The first-order valence-corrected chi connectivity index (χ1v) is 7.67. The van der Waals surface area contributed by atoms with E-state index in [1.165, 1.54) is 9.13 Å². The van der Waals surface area contributed by atoms with Crippen LogP contribution in [0.4, 0.5) is 5.95 Å². The summed E-state index contributed by atoms with van der Waals surface area (Å²) in [5, 5.41) is 0.761. The summed E-state index contributed by atoms with van der Waals surface area (Å²) in [7, 11) is 3.18. The molecule has 0 bridgehead atoms. The van der Waals surface area contributed by atoms with Gasteiger partial charge in [-0.3, -0.25) is 19.4 Å². The first kappa shape index (κ1) is 16.6. The Hall–Kier alpha value is -2.29. The van der Waals surface area contributed by atoms with Gasteiger partial charge in [-0.25, -0.2) is 10.6 Å². The summed E-state index contributed by atoms with van der Waals surface area (Å²) in [5.74, 6) is 5.67. The number of aryl methyl sites for hydroxylation is 2. The third-order valence-corrected chi connectivity index (χ3v) is 4.55. The highest BCUT2D eigenvalue weighted by molar-refractivity contribution is 6.42. The molecule has 0 aliphatic heterocycles. The zero-order chi connectivity index (χ0) is 17.6. The van der Waals surface area contributed by atoms with Gasteiger partial charge in [0.1, 0.15) is 0 Å². The van der Waals surface area contributed by atoms with Crippen molar-refractivity contribution < 1.29 is 0 Å². The van der Waals surface area contributed by atoms with Crippen LogP contribution in [0, 0.1) is 0 Å². The van der Waals surface area contributed by atoms with E-state index in [1.54, 1.807) is 32.3 Å². The van der Waals surface area contributed by atoms with Crippen LogP contribution >= 0.6 is 23.2 Å². The third kappa shape index (κ3) is 2.48. The molecule has 2 heterocycles. The number of nitrogens with one attached hydrogen (secondary N) is 1. The molecule has 3 aromatic rings. The predicted octanol–water partition coefficient (Wildman–Crippen LogP) is 1.07. The van der Waals surface area contributed by atoms with Gasteiger partial charge in [-0.15, -0.1) is 0 Å². The molecular formula is C14H14Cl2N6O2. The van der Waals surface area contributed by atoms with Gasteiger partial charge in [0.25, 0.3) is 5.56 Å². The number of nitrogens with zero attached hydrogens (tertiary/aromatic N) is 4. The Morgan fingerprint density at radius 1 is 1.17 bits per heavy atom. The molecule has 0 atom stereocenters. The van der Waals surface area contributed by atoms with Crippen LogP contribution in [0.2, 0.25) is 10.0 Å². The van der Waals surface area contributed by atoms with E-state index in [9.17, 15) is 9.59 Å². The molecule has 0 unspecified atom stereocenters. The molecule has 0 saturated carbocycles. The Kier molecular flexibility index (Phi) is 4.12. The number of aromatic nitrogens is 4. The molecule has 3 N–H and O–H groups in total. The summed E-state index contributed by atoms with van der Waals surface area (Å²) in [6.07, 6.45) is 0. The zero-order valence-electron chi connectivity index (χ0n) is 12.9. The van der Waals surface area contributed by atoms with Gasteiger partial charge < -0.3 is 4.57 Å². The van der Waals surface area contributed by atoms with E-state index in [0.29, 0.717) is 15.6 Å². The number of nitrogen functional groups attached to an aromatic ring is 1. The Morgan fingerprint density at radius 3 is 2.50 bits per heavy atom. The minimum atomic E-state index is -0.486. The fourth-order valence-electron chi connectivity index (χ4n) is 2.53. The van der Waals surface area contributed by atoms with Crippen LogP contribution in [-0.4, -0.2) is 18.7 Å². The molecule has 8 nitrogen and oxygen atoms in total. The molecule has 24 heavy (non-hydrogen) atoms. The molecule has 0 amide bonds. The van der Waals surface area contributed by atoms with Gasteiger partial charge in [-0.2, -0.15) is 4.98 Å². The van der Waals surface area contributed by atoms with Crippen LogP contribution in [0.5, 0.6) is 0 Å². The Labute approximate surface area is 146 Å². The van der Waals surface area contributed by atoms with Crippen molar-refractivity contribution in [3.63, 3.8) is 0 Å². The van der Waals surface area contributed by atoms with Crippen molar-refractivity contribution in [2.75, 3.05) is 5.43 Å². The Morgan fingerprint density at radius 2 is 1.88 bits per heavy atom. The SMILES string of the molecule is Cn1c(NN)nc2c1c(=O)n(Cc1ccc(Cl)c(Cl)c1)c(=O)n2C. The van der Waals surface area contributed by atoms with Crippen molar-refractivity contribution in [2.24, 2.45) is 19.9 Å². The average Bonchev–Trinajstić information content (AvgIpc) is 2.89. The van der Waals surface area contributed by atoms with Crippen molar-refractivity contribution in [3.05, 3.63) is 54.6 Å². The van der Waals surface area contributed by atoms with E-state index in [2.05, 4.69) is 10.4 Å². The average molecular weight is 369 g/mol. The highest BCUT2D eigenvalue weighted by atomic mass is 35.5. The molecule has 0 saturated heterocycles. The predicted molar refractivity (Wildman–Crippen MR) is 93.6 cm³/mol. The summed E-state index contributed by atoms with van der Waals surface area (Å²) in [4.78, 5) is 29.5. The van der Waals surface area contributed by atoms with E-state index in [4.69, 9.17) is 29.0 Å². The van der Waals surface area contributed by atoms with Gasteiger partial charge in [0.05, 0.1) is 16.6 Å². The standard InChI is InChI=1S/C14H14Cl2N6O2/c1-20-10-11(18-13(20)19-17)21(2)14(24)22(12(10)23)6-7-3-4-8(15)9(16)5-7/h3-5H,6,17H2,1-2H3,(H,18,19). The third-order valence-electron chi connectivity index (χ3n) is 3.81. The number of anilines is 1. The summed E-state index contributed by atoms with van der Waals surface area (Å²) < 4.78 is 3.92. The van der Waals surface area contributed by atoms with Gasteiger partial charge in [0.15, 0.2) is 11.2 Å². The minimum absolute atomic E-state index is 0.0644. The van der Waals surface area contributed by atoms with Crippen molar-refractivity contribution in [1.29, 1.82) is 0 Å². The lowest BCUT2D eigenvalue weighted by atomic mass is 10.2. The number of hydrogen-bond donors (Lipinski definition) is 2. The first-order valence-electron chi connectivity index (χ1n) is 6.92. The molecular weight excluding hydrogens is 355 g/mol. The number of imidazole rings is 1. The second kappa shape index (κ2) is 5.97. The number of rotatable bonds is 3. The largest absolute Gasteiger partial charge is 0.332 e. The van der Waals surface area contributed by atoms with E-state index in [1.807, 2.05) is 0 Å². The lowest BCUT2D eigenvalue weighted by Gasteiger charge is -2.09. The minimum Gasteiger partial charge on any atom is -0.306 e. The highest BCUT2D eigenvalue weighted by Gasteiger charge is 2.18. The normalized spacial score (nSPS) is 11.2. The van der Waals surface area contributed by atoms with Crippen molar-refractivity contribution in [2.45, 2.75) is 6.54 Å². The van der Waals surface area contributed by atoms with E-state index < -0.39 is 11.2 Å². The molecule has 0 spiro atoms. The number of fused-ring (bicyclic) bond motifs is 1. The topological polar surface area (TPSA) is 99.9 Å². The Bertz CT molecular complexity index is 1070. The number of benzene rings is 1. The van der Waals surface area contributed by atoms with Crippen LogP contribution in [0.25, 0.3) is 11.2 Å². The maximum absolute atomic E-state index is 12.8. The Balaban J connectivity index is 2.24. The number of nitrogens with two attached hydrogens (primary N) is 1. The lowest BCUT2D eigenvalue weighted by molar-refractivity contribution is 0.655. The zero-order valence-corrected chi connectivity index (χ0v) is 14.4. The number of hydrogen-bond acceptors (Lipinski definition) is 5. The summed E-state index contributed by atoms with van der Waals surface area (Å²) in [6.45, 7) is 0.0644. The molecule has 1 aromatic carbocycles. The van der Waals surface area contributed by atoms with Crippen LogP contribution in [0.15, 0.2) is 27.8 Å².